The standard InChI is InChI=1S/C71H35N11/c72-36-43-19-23-65(81-63-17-9-7-15-55(63)58-33-49(21-25-66(58)81)69-51(39-75)27-44(37-73)28-52(69)40-76)57(31-43)60-32-48(62-35-61(46-11-3-1-4-12-46)79-71(80-62)47-13-5-2-6-14-47)20-24-68(60)82-64-18-10-8-16-56(64)59-34-50(22-26-67(59)82)70-53(41-77)29-45(38-74)30-54(70)42-78/h1-35H. The Bertz CT molecular complexity index is 5060. The van der Waals surface area contributed by atoms with Crippen molar-refractivity contribution in [2.24, 2.45) is 0 Å². The van der Waals surface area contributed by atoms with E-state index in [0.29, 0.717) is 44.9 Å². The zero-order valence-electron chi connectivity index (χ0n) is 43.1. The predicted molar refractivity (Wildman–Crippen MR) is 316 cm³/mol. The van der Waals surface area contributed by atoms with Crippen LogP contribution in [-0.4, -0.2) is 19.1 Å². The number of hydrogen-bond donors (Lipinski definition) is 0. The maximum atomic E-state index is 10.8. The van der Waals surface area contributed by atoms with E-state index in [1.54, 1.807) is 0 Å². The molecule has 10 aromatic carbocycles. The fourth-order valence-electron chi connectivity index (χ4n) is 11.4. The third-order valence-corrected chi connectivity index (χ3v) is 15.0. The van der Waals surface area contributed by atoms with Crippen LogP contribution in [0.15, 0.2) is 212 Å². The summed E-state index contributed by atoms with van der Waals surface area (Å²) in [6.45, 7) is 0. The molecule has 0 saturated carbocycles. The Hall–Kier alpha value is -12.7. The minimum atomic E-state index is 0.213. The summed E-state index contributed by atoms with van der Waals surface area (Å²) in [6, 6.07) is 83.1. The van der Waals surface area contributed by atoms with Crippen molar-refractivity contribution in [3.05, 3.63) is 251 Å². The Morgan fingerprint density at radius 3 is 1.16 bits per heavy atom. The first-order chi connectivity index (χ1) is 40.3. The van der Waals surface area contributed by atoms with Crippen LogP contribution in [0, 0.1) is 79.3 Å². The van der Waals surface area contributed by atoms with Gasteiger partial charge in [-0.3, -0.25) is 0 Å². The van der Waals surface area contributed by atoms with Gasteiger partial charge in [-0.2, -0.15) is 36.8 Å². The van der Waals surface area contributed by atoms with Crippen molar-refractivity contribution in [2.75, 3.05) is 0 Å². The quantitative estimate of drug-likeness (QED) is 0.142. The van der Waals surface area contributed by atoms with E-state index in [4.69, 9.17) is 9.97 Å². The lowest BCUT2D eigenvalue weighted by atomic mass is 9.92. The first-order valence-corrected chi connectivity index (χ1v) is 25.9. The molecule has 0 N–H and O–H groups in total. The molecule has 3 aromatic heterocycles. The van der Waals surface area contributed by atoms with E-state index in [-0.39, 0.29) is 33.4 Å². The van der Waals surface area contributed by atoms with Crippen LogP contribution in [0.2, 0.25) is 0 Å². The van der Waals surface area contributed by atoms with Gasteiger partial charge in [-0.25, -0.2) is 9.97 Å². The van der Waals surface area contributed by atoms with E-state index in [2.05, 4.69) is 75.9 Å². The number of rotatable bonds is 8. The Balaban J connectivity index is 1.11. The van der Waals surface area contributed by atoms with Crippen LogP contribution in [0.5, 0.6) is 0 Å². The molecule has 0 unspecified atom stereocenters. The summed E-state index contributed by atoms with van der Waals surface area (Å²) in [7, 11) is 0. The zero-order chi connectivity index (χ0) is 56.0. The van der Waals surface area contributed by atoms with Crippen molar-refractivity contribution in [2.45, 2.75) is 0 Å². The minimum absolute atomic E-state index is 0.213. The number of fused-ring (bicyclic) bond motifs is 6. The van der Waals surface area contributed by atoms with E-state index in [9.17, 15) is 36.8 Å². The summed E-state index contributed by atoms with van der Waals surface area (Å²) in [6.07, 6.45) is 0. The van der Waals surface area contributed by atoms with Gasteiger partial charge < -0.3 is 9.13 Å². The maximum Gasteiger partial charge on any atom is 0.160 e. The minimum Gasteiger partial charge on any atom is -0.309 e. The molecule has 374 valence electrons. The van der Waals surface area contributed by atoms with Gasteiger partial charge in [0, 0.05) is 60.5 Å². The molecule has 0 fully saturated rings. The molecule has 0 amide bonds. The van der Waals surface area contributed by atoms with E-state index in [1.165, 1.54) is 24.3 Å². The monoisotopic (exact) mass is 1040 g/mol. The zero-order valence-corrected chi connectivity index (χ0v) is 43.1. The first kappa shape index (κ1) is 48.9. The van der Waals surface area contributed by atoms with E-state index >= 15 is 0 Å². The summed E-state index contributed by atoms with van der Waals surface area (Å²) in [4.78, 5) is 10.4. The van der Waals surface area contributed by atoms with Gasteiger partial charge in [0.1, 0.15) is 0 Å². The lowest BCUT2D eigenvalue weighted by Crippen LogP contribution is -2.03. The van der Waals surface area contributed by atoms with Crippen molar-refractivity contribution in [3.8, 4) is 121 Å². The van der Waals surface area contributed by atoms with E-state index in [0.717, 1.165) is 82.9 Å². The van der Waals surface area contributed by atoms with Gasteiger partial charge in [0.15, 0.2) is 5.82 Å². The molecule has 0 saturated heterocycles. The summed E-state index contributed by atoms with van der Waals surface area (Å²) in [5.74, 6) is 0.545. The molecule has 0 spiro atoms. The first-order valence-electron chi connectivity index (χ1n) is 25.9. The van der Waals surface area contributed by atoms with Crippen LogP contribution in [0.1, 0.15) is 38.9 Å². The van der Waals surface area contributed by atoms with Crippen LogP contribution >= 0.6 is 0 Å². The molecule has 0 radical (unpaired) electrons. The van der Waals surface area contributed by atoms with Crippen LogP contribution in [0.4, 0.5) is 0 Å². The number of aromatic nitrogens is 4. The average molecular weight is 1040 g/mol. The fraction of sp³-hybridized carbons (Fsp3) is 0. The number of benzene rings is 10. The molecule has 11 nitrogen and oxygen atoms in total. The molecule has 13 rings (SSSR count). The van der Waals surface area contributed by atoms with E-state index in [1.807, 2.05) is 164 Å². The summed E-state index contributed by atoms with van der Waals surface area (Å²) >= 11 is 0. The van der Waals surface area contributed by atoms with E-state index < -0.39 is 0 Å². The van der Waals surface area contributed by atoms with Crippen molar-refractivity contribution < 1.29 is 0 Å². The lowest BCUT2D eigenvalue weighted by molar-refractivity contribution is 1.15. The molecule has 0 aliphatic carbocycles. The summed E-state index contributed by atoms with van der Waals surface area (Å²) in [5, 5.41) is 75.3. The number of hydrogen-bond acceptors (Lipinski definition) is 9. The molecular formula is C71H35N11. The highest BCUT2D eigenvalue weighted by molar-refractivity contribution is 6.13. The van der Waals surface area contributed by atoms with Gasteiger partial charge >= 0.3 is 0 Å². The average Bonchev–Trinajstić information content (AvgIpc) is 2.45. The van der Waals surface area contributed by atoms with Gasteiger partial charge in [0.2, 0.25) is 0 Å². The Labute approximate surface area is 469 Å². The number of nitriles is 7. The van der Waals surface area contributed by atoms with Crippen LogP contribution in [0.3, 0.4) is 0 Å². The third kappa shape index (κ3) is 8.09. The smallest absolute Gasteiger partial charge is 0.160 e. The molecule has 82 heavy (non-hydrogen) atoms. The second kappa shape index (κ2) is 20.0. The molecule has 0 bridgehead atoms. The lowest BCUT2D eigenvalue weighted by Gasteiger charge is -2.20. The highest BCUT2D eigenvalue weighted by Crippen LogP contribution is 2.45. The van der Waals surface area contributed by atoms with Gasteiger partial charge in [-0.05, 0) is 108 Å². The van der Waals surface area contributed by atoms with Crippen molar-refractivity contribution in [3.63, 3.8) is 0 Å². The normalized spacial score (nSPS) is 10.8. The highest BCUT2D eigenvalue weighted by Gasteiger charge is 2.25. The Kier molecular flexibility index (Phi) is 11.9. The second-order valence-corrected chi connectivity index (χ2v) is 19.5. The summed E-state index contributed by atoms with van der Waals surface area (Å²) < 4.78 is 4.38. The van der Waals surface area contributed by atoms with Gasteiger partial charge in [-0.1, -0.05) is 115 Å². The van der Waals surface area contributed by atoms with Gasteiger partial charge in [-0.15, -0.1) is 0 Å². The SMILES string of the molecule is N#Cc1cc(C#N)c(-c2ccc3c(c2)c2ccccc2n3-c2ccc(C#N)cc2-c2cc(-c3cc(-c4ccccc4)nc(-c4ccccc4)n3)ccc2-n2c3ccccc3c3cc(-c4c(C#N)cc(C#N)cc4C#N)ccc32)c(C#N)c1. The molecule has 13 aromatic rings. The van der Waals surface area contributed by atoms with Gasteiger partial charge in [0.25, 0.3) is 0 Å². The van der Waals surface area contributed by atoms with Crippen molar-refractivity contribution in [1.82, 2.24) is 19.1 Å². The predicted octanol–water partition coefficient (Wildman–Crippen LogP) is 15.8. The molecular weight excluding hydrogens is 1010 g/mol. The third-order valence-electron chi connectivity index (χ3n) is 15.0. The van der Waals surface area contributed by atoms with Crippen LogP contribution in [0.25, 0.3) is 122 Å². The Morgan fingerprint density at radius 1 is 0.280 bits per heavy atom. The number of nitrogens with zero attached hydrogens (tertiary/aromatic N) is 11. The molecule has 0 aliphatic heterocycles. The molecule has 0 aliphatic rings. The molecule has 11 heteroatoms. The van der Waals surface area contributed by atoms with Crippen molar-refractivity contribution >= 4 is 43.6 Å². The topological polar surface area (TPSA) is 202 Å². The molecule has 0 atom stereocenters. The molecule has 3 heterocycles. The maximum absolute atomic E-state index is 10.8. The summed E-state index contributed by atoms with van der Waals surface area (Å²) in [5.41, 5.74) is 14.1. The number of para-hydroxylation sites is 2. The second-order valence-electron chi connectivity index (χ2n) is 19.5. The highest BCUT2D eigenvalue weighted by atomic mass is 15.0. The van der Waals surface area contributed by atoms with Crippen molar-refractivity contribution in [1.29, 1.82) is 36.8 Å². The largest absolute Gasteiger partial charge is 0.309 e. The van der Waals surface area contributed by atoms with Crippen LogP contribution in [-0.2, 0) is 0 Å². The van der Waals surface area contributed by atoms with Gasteiger partial charge in [0.05, 0.1) is 126 Å². The van der Waals surface area contributed by atoms with Crippen LogP contribution < -0.4 is 0 Å². The fourth-order valence-corrected chi connectivity index (χ4v) is 11.4. The Morgan fingerprint density at radius 2 is 0.683 bits per heavy atom.